The SMILES string of the molecule is N#Cc1ccc(OCC[C@H]2CNC[C@@H]2c2ccc(Cl)cc2)nc1. The van der Waals surface area contributed by atoms with Crippen molar-refractivity contribution in [2.45, 2.75) is 12.3 Å². The largest absolute Gasteiger partial charge is 0.478 e. The first-order chi connectivity index (χ1) is 11.3. The molecule has 1 aliphatic heterocycles. The molecule has 0 amide bonds. The average Bonchev–Trinajstić information content (AvgIpc) is 3.05. The highest BCUT2D eigenvalue weighted by atomic mass is 35.5. The second kappa shape index (κ2) is 7.45. The van der Waals surface area contributed by atoms with Gasteiger partial charge in [0, 0.05) is 29.7 Å². The van der Waals surface area contributed by atoms with Gasteiger partial charge >= 0.3 is 0 Å². The van der Waals surface area contributed by atoms with E-state index in [1.54, 1.807) is 12.1 Å². The van der Waals surface area contributed by atoms with E-state index in [0.717, 1.165) is 24.5 Å². The van der Waals surface area contributed by atoms with E-state index in [0.29, 0.717) is 29.9 Å². The lowest BCUT2D eigenvalue weighted by atomic mass is 9.87. The zero-order valence-corrected chi connectivity index (χ0v) is 13.5. The molecule has 0 spiro atoms. The Bertz CT molecular complexity index is 679. The first-order valence-corrected chi connectivity index (χ1v) is 8.09. The lowest BCUT2D eigenvalue weighted by Crippen LogP contribution is -2.15. The van der Waals surface area contributed by atoms with Crippen LogP contribution in [0, 0.1) is 17.2 Å². The topological polar surface area (TPSA) is 57.9 Å². The minimum absolute atomic E-state index is 0.491. The standard InChI is InChI=1S/C18H18ClN3O/c19-16-4-2-14(3-5-16)17-12-21-11-15(17)7-8-23-18-6-1-13(9-20)10-22-18/h1-6,10,15,17,21H,7-8,11-12H2/t15-,17+/m0/s1. The van der Waals surface area contributed by atoms with Gasteiger partial charge < -0.3 is 10.1 Å². The summed E-state index contributed by atoms with van der Waals surface area (Å²) in [6.45, 7) is 2.61. The normalized spacial score (nSPS) is 20.2. The zero-order valence-electron chi connectivity index (χ0n) is 12.7. The summed E-state index contributed by atoms with van der Waals surface area (Å²) < 4.78 is 5.70. The Labute approximate surface area is 141 Å². The van der Waals surface area contributed by atoms with Crippen molar-refractivity contribution in [3.05, 3.63) is 58.7 Å². The first kappa shape index (κ1) is 15.8. The number of ether oxygens (including phenoxy) is 1. The Morgan fingerprint density at radius 1 is 1.22 bits per heavy atom. The van der Waals surface area contributed by atoms with Crippen molar-refractivity contribution in [3.8, 4) is 11.9 Å². The molecule has 5 heteroatoms. The second-order valence-electron chi connectivity index (χ2n) is 5.71. The van der Waals surface area contributed by atoms with Crippen LogP contribution in [-0.4, -0.2) is 24.7 Å². The van der Waals surface area contributed by atoms with Gasteiger partial charge in [0.2, 0.25) is 5.88 Å². The van der Waals surface area contributed by atoms with E-state index in [9.17, 15) is 0 Å². The average molecular weight is 328 g/mol. The summed E-state index contributed by atoms with van der Waals surface area (Å²) in [7, 11) is 0. The Hall–Kier alpha value is -2.09. The molecule has 0 saturated carbocycles. The number of hydrogen-bond donors (Lipinski definition) is 1. The van der Waals surface area contributed by atoms with Crippen molar-refractivity contribution in [1.82, 2.24) is 10.3 Å². The fourth-order valence-electron chi connectivity index (χ4n) is 2.98. The van der Waals surface area contributed by atoms with Gasteiger partial charge in [0.15, 0.2) is 0 Å². The molecule has 1 saturated heterocycles. The number of rotatable bonds is 5. The molecular formula is C18H18ClN3O. The van der Waals surface area contributed by atoms with E-state index in [-0.39, 0.29) is 0 Å². The number of aromatic nitrogens is 1. The summed E-state index contributed by atoms with van der Waals surface area (Å²) in [4.78, 5) is 4.13. The van der Waals surface area contributed by atoms with Crippen molar-refractivity contribution in [2.24, 2.45) is 5.92 Å². The lowest BCUT2D eigenvalue weighted by molar-refractivity contribution is 0.267. The van der Waals surface area contributed by atoms with Gasteiger partial charge in [-0.05, 0) is 42.6 Å². The number of nitriles is 1. The molecule has 1 aliphatic rings. The van der Waals surface area contributed by atoms with E-state index in [4.69, 9.17) is 21.6 Å². The number of halogens is 1. The highest BCUT2D eigenvalue weighted by Gasteiger charge is 2.28. The molecule has 0 aliphatic carbocycles. The summed E-state index contributed by atoms with van der Waals surface area (Å²) in [5.74, 6) is 1.59. The molecule has 118 valence electrons. The van der Waals surface area contributed by atoms with Crippen molar-refractivity contribution in [2.75, 3.05) is 19.7 Å². The van der Waals surface area contributed by atoms with Gasteiger partial charge in [-0.3, -0.25) is 0 Å². The molecule has 2 aromatic rings. The van der Waals surface area contributed by atoms with Crippen LogP contribution in [0.3, 0.4) is 0 Å². The molecule has 2 heterocycles. The van der Waals surface area contributed by atoms with E-state index in [2.05, 4.69) is 22.4 Å². The van der Waals surface area contributed by atoms with Gasteiger partial charge in [-0.1, -0.05) is 23.7 Å². The molecule has 0 radical (unpaired) electrons. The van der Waals surface area contributed by atoms with Gasteiger partial charge in [-0.25, -0.2) is 4.98 Å². The summed E-state index contributed by atoms with van der Waals surface area (Å²) in [5.41, 5.74) is 1.86. The maximum atomic E-state index is 8.76. The van der Waals surface area contributed by atoms with E-state index in [1.807, 2.05) is 18.2 Å². The Morgan fingerprint density at radius 2 is 2.04 bits per heavy atom. The maximum absolute atomic E-state index is 8.76. The van der Waals surface area contributed by atoms with Crippen LogP contribution in [0.5, 0.6) is 5.88 Å². The van der Waals surface area contributed by atoms with Crippen LogP contribution in [0.25, 0.3) is 0 Å². The summed E-state index contributed by atoms with van der Waals surface area (Å²) in [6.07, 6.45) is 2.49. The number of pyridine rings is 1. The van der Waals surface area contributed by atoms with E-state index in [1.165, 1.54) is 11.8 Å². The third-order valence-electron chi connectivity index (χ3n) is 4.24. The zero-order chi connectivity index (χ0) is 16.1. The molecular weight excluding hydrogens is 310 g/mol. The van der Waals surface area contributed by atoms with E-state index < -0.39 is 0 Å². The maximum Gasteiger partial charge on any atom is 0.213 e. The van der Waals surface area contributed by atoms with Crippen molar-refractivity contribution >= 4 is 11.6 Å². The predicted molar refractivity (Wildman–Crippen MR) is 89.6 cm³/mol. The van der Waals surface area contributed by atoms with Gasteiger partial charge in [0.25, 0.3) is 0 Å². The molecule has 0 unspecified atom stereocenters. The molecule has 1 aromatic heterocycles. The second-order valence-corrected chi connectivity index (χ2v) is 6.15. The predicted octanol–water partition coefficient (Wildman–Crippen LogP) is 3.38. The fourth-order valence-corrected chi connectivity index (χ4v) is 3.11. The van der Waals surface area contributed by atoms with Crippen LogP contribution >= 0.6 is 11.6 Å². The molecule has 1 N–H and O–H groups in total. The van der Waals surface area contributed by atoms with Crippen LogP contribution < -0.4 is 10.1 Å². The first-order valence-electron chi connectivity index (χ1n) is 7.71. The summed E-state index contributed by atoms with van der Waals surface area (Å²) >= 11 is 5.97. The van der Waals surface area contributed by atoms with Gasteiger partial charge in [0.05, 0.1) is 12.2 Å². The summed E-state index contributed by atoms with van der Waals surface area (Å²) in [5, 5.41) is 13.0. The van der Waals surface area contributed by atoms with Crippen molar-refractivity contribution in [3.63, 3.8) is 0 Å². The number of hydrogen-bond acceptors (Lipinski definition) is 4. The number of nitrogens with one attached hydrogen (secondary N) is 1. The quantitative estimate of drug-likeness (QED) is 0.914. The summed E-state index contributed by atoms with van der Waals surface area (Å²) in [6, 6.07) is 13.6. The molecule has 0 bridgehead atoms. The van der Waals surface area contributed by atoms with Crippen molar-refractivity contribution in [1.29, 1.82) is 5.26 Å². The van der Waals surface area contributed by atoms with Gasteiger partial charge in [-0.15, -0.1) is 0 Å². The lowest BCUT2D eigenvalue weighted by Gasteiger charge is -2.19. The molecule has 2 atom stereocenters. The van der Waals surface area contributed by atoms with Crippen LogP contribution in [0.15, 0.2) is 42.6 Å². The van der Waals surface area contributed by atoms with Crippen LogP contribution in [0.2, 0.25) is 5.02 Å². The van der Waals surface area contributed by atoms with Crippen LogP contribution in [0.4, 0.5) is 0 Å². The Kier molecular flexibility index (Phi) is 5.12. The van der Waals surface area contributed by atoms with Crippen LogP contribution in [-0.2, 0) is 0 Å². The molecule has 1 aromatic carbocycles. The van der Waals surface area contributed by atoms with Gasteiger partial charge in [-0.2, -0.15) is 5.26 Å². The third-order valence-corrected chi connectivity index (χ3v) is 4.49. The molecule has 3 rings (SSSR count). The molecule has 4 nitrogen and oxygen atoms in total. The van der Waals surface area contributed by atoms with E-state index >= 15 is 0 Å². The Balaban J connectivity index is 1.54. The number of nitrogens with zero attached hydrogens (tertiary/aromatic N) is 2. The minimum Gasteiger partial charge on any atom is -0.478 e. The fraction of sp³-hybridized carbons (Fsp3) is 0.333. The smallest absolute Gasteiger partial charge is 0.213 e. The minimum atomic E-state index is 0.491. The number of benzene rings is 1. The van der Waals surface area contributed by atoms with Crippen LogP contribution in [0.1, 0.15) is 23.5 Å². The van der Waals surface area contributed by atoms with Crippen molar-refractivity contribution < 1.29 is 4.74 Å². The van der Waals surface area contributed by atoms with Gasteiger partial charge in [0.1, 0.15) is 6.07 Å². The molecule has 1 fully saturated rings. The monoisotopic (exact) mass is 327 g/mol. The third kappa shape index (κ3) is 4.01. The molecule has 23 heavy (non-hydrogen) atoms. The highest BCUT2D eigenvalue weighted by Crippen LogP contribution is 2.31. The highest BCUT2D eigenvalue weighted by molar-refractivity contribution is 6.30. The Morgan fingerprint density at radius 3 is 2.74 bits per heavy atom.